The minimum Gasteiger partial charge on any atom is -0.480 e. The molecule has 0 aromatic heterocycles. The topological polar surface area (TPSA) is 82.1 Å². The summed E-state index contributed by atoms with van der Waals surface area (Å²) in [7, 11) is 0. The van der Waals surface area contributed by atoms with Gasteiger partial charge >= 0.3 is 5.97 Å². The van der Waals surface area contributed by atoms with Crippen molar-refractivity contribution in [3.05, 3.63) is 0 Å². The molecule has 0 aromatic carbocycles. The lowest BCUT2D eigenvalue weighted by Gasteiger charge is -2.20. The lowest BCUT2D eigenvalue weighted by Crippen LogP contribution is -2.30. The van der Waals surface area contributed by atoms with E-state index in [-0.39, 0.29) is 6.61 Å². The molecule has 92 valence electrons. The predicted molar refractivity (Wildman–Crippen MR) is 53.0 cm³/mol. The highest BCUT2D eigenvalue weighted by molar-refractivity contribution is 5.68. The van der Waals surface area contributed by atoms with Crippen LogP contribution in [0.5, 0.6) is 0 Å². The molecule has 16 heavy (non-hydrogen) atoms. The fourth-order valence-corrected chi connectivity index (χ4v) is 1.45. The summed E-state index contributed by atoms with van der Waals surface area (Å²) in [6, 6.07) is 0. The lowest BCUT2D eigenvalue weighted by atomic mass is 10.2. The van der Waals surface area contributed by atoms with Crippen molar-refractivity contribution in [3.8, 4) is 0 Å². The van der Waals surface area contributed by atoms with Gasteiger partial charge in [-0.3, -0.25) is 0 Å². The van der Waals surface area contributed by atoms with E-state index >= 15 is 0 Å². The van der Waals surface area contributed by atoms with E-state index in [2.05, 4.69) is 0 Å². The van der Waals surface area contributed by atoms with Gasteiger partial charge in [-0.15, -0.1) is 0 Å². The maximum atomic E-state index is 10.7. The number of aldehydes is 1. The van der Waals surface area contributed by atoms with Gasteiger partial charge in [0.2, 0.25) is 0 Å². The first kappa shape index (κ1) is 13.1. The largest absolute Gasteiger partial charge is 0.480 e. The van der Waals surface area contributed by atoms with Gasteiger partial charge in [-0.1, -0.05) is 6.92 Å². The Balaban J connectivity index is 2.46. The molecule has 1 rings (SSSR count). The van der Waals surface area contributed by atoms with Crippen molar-refractivity contribution in [3.63, 3.8) is 0 Å². The normalized spacial score (nSPS) is 33.9. The Morgan fingerprint density at radius 1 is 1.56 bits per heavy atom. The minimum atomic E-state index is -1.06. The zero-order chi connectivity index (χ0) is 12.2. The third-order valence-corrected chi connectivity index (χ3v) is 2.44. The van der Waals surface area contributed by atoms with Crippen molar-refractivity contribution < 1.29 is 28.9 Å². The number of hydrogen-bond acceptors (Lipinski definition) is 5. The maximum Gasteiger partial charge on any atom is 0.329 e. The summed E-state index contributed by atoms with van der Waals surface area (Å²) in [5, 5.41) is 8.39. The first-order chi connectivity index (χ1) is 7.50. The van der Waals surface area contributed by atoms with Gasteiger partial charge in [-0.25, -0.2) is 4.79 Å². The molecule has 1 unspecified atom stereocenters. The Bertz CT molecular complexity index is 266. The van der Waals surface area contributed by atoms with E-state index in [4.69, 9.17) is 19.3 Å². The summed E-state index contributed by atoms with van der Waals surface area (Å²) < 4.78 is 15.8. The fourth-order valence-electron chi connectivity index (χ4n) is 1.45. The molecule has 0 aromatic rings. The highest BCUT2D eigenvalue weighted by Gasteiger charge is 2.43. The van der Waals surface area contributed by atoms with Gasteiger partial charge in [0.25, 0.3) is 0 Å². The molecule has 1 heterocycles. The van der Waals surface area contributed by atoms with E-state index in [0.29, 0.717) is 12.7 Å². The van der Waals surface area contributed by atoms with Crippen LogP contribution in [0.1, 0.15) is 20.3 Å². The van der Waals surface area contributed by atoms with Gasteiger partial charge < -0.3 is 24.1 Å². The molecule has 1 fully saturated rings. The van der Waals surface area contributed by atoms with Crippen molar-refractivity contribution in [2.45, 2.75) is 38.3 Å². The molecule has 0 spiro atoms. The third kappa shape index (κ3) is 3.26. The monoisotopic (exact) mass is 232 g/mol. The van der Waals surface area contributed by atoms with Crippen LogP contribution in [0.25, 0.3) is 0 Å². The Morgan fingerprint density at radius 3 is 2.75 bits per heavy atom. The van der Waals surface area contributed by atoms with Crippen LogP contribution >= 0.6 is 0 Å². The molecule has 0 saturated carbocycles. The van der Waals surface area contributed by atoms with Gasteiger partial charge in [-0.05, 0) is 13.3 Å². The fraction of sp³-hybridized carbons (Fsp3) is 0.800. The summed E-state index contributed by atoms with van der Waals surface area (Å²) in [6.07, 6.45) is 0.0168. The first-order valence-electron chi connectivity index (χ1n) is 5.11. The molecular formula is C10H16O6. The van der Waals surface area contributed by atoms with Gasteiger partial charge in [-0.2, -0.15) is 0 Å². The average Bonchev–Trinajstić information content (AvgIpc) is 2.56. The number of carboxylic acids is 1. The van der Waals surface area contributed by atoms with Crippen LogP contribution in [0, 0.1) is 0 Å². The van der Waals surface area contributed by atoms with Crippen LogP contribution in [0.4, 0.5) is 0 Å². The van der Waals surface area contributed by atoms with Crippen LogP contribution in [0.15, 0.2) is 0 Å². The lowest BCUT2D eigenvalue weighted by molar-refractivity contribution is -0.168. The van der Waals surface area contributed by atoms with Crippen LogP contribution in [-0.2, 0) is 23.8 Å². The van der Waals surface area contributed by atoms with Crippen LogP contribution in [0.3, 0.4) is 0 Å². The van der Waals surface area contributed by atoms with E-state index in [1.807, 2.05) is 6.92 Å². The molecule has 1 N–H and O–H groups in total. The number of aliphatic carboxylic acids is 1. The summed E-state index contributed by atoms with van der Waals surface area (Å²) in [5.74, 6) is -1.84. The standard InChI is InChI=1S/C10H16O6/c1-3-10(2)15-7(4-11)8(16-10)5-14-6-9(12)13/h4,7-8H,3,5-6H2,1-2H3,(H,12,13)/t7-,8+,10?/m1/s1. The minimum absolute atomic E-state index is 0.0330. The number of hydrogen-bond donors (Lipinski definition) is 1. The number of ether oxygens (including phenoxy) is 3. The van der Waals surface area contributed by atoms with E-state index in [0.717, 1.165) is 0 Å². The van der Waals surface area contributed by atoms with Crippen molar-refractivity contribution in [1.29, 1.82) is 0 Å². The predicted octanol–water partition coefficient (Wildman–Crippen LogP) is 0.197. The number of carbonyl (C=O) groups excluding carboxylic acids is 1. The quantitative estimate of drug-likeness (QED) is 0.658. The summed E-state index contributed by atoms with van der Waals surface area (Å²) >= 11 is 0. The number of carbonyl (C=O) groups is 2. The van der Waals surface area contributed by atoms with Gasteiger partial charge in [0.1, 0.15) is 18.8 Å². The first-order valence-corrected chi connectivity index (χ1v) is 5.11. The Hall–Kier alpha value is -0.980. The van der Waals surface area contributed by atoms with Crippen LogP contribution in [-0.4, -0.2) is 48.6 Å². The second kappa shape index (κ2) is 5.38. The molecule has 3 atom stereocenters. The summed E-state index contributed by atoms with van der Waals surface area (Å²) in [6.45, 7) is 3.24. The van der Waals surface area contributed by atoms with Crippen molar-refractivity contribution >= 4 is 12.3 Å². The van der Waals surface area contributed by atoms with Crippen molar-refractivity contribution in [2.75, 3.05) is 13.2 Å². The van der Waals surface area contributed by atoms with E-state index in [9.17, 15) is 9.59 Å². The summed E-state index contributed by atoms with van der Waals surface area (Å²) in [4.78, 5) is 21.0. The van der Waals surface area contributed by atoms with Gasteiger partial charge in [0, 0.05) is 0 Å². The average molecular weight is 232 g/mol. The molecule has 0 radical (unpaired) electrons. The highest BCUT2D eigenvalue weighted by atomic mass is 16.8. The summed E-state index contributed by atoms with van der Waals surface area (Å²) in [5.41, 5.74) is 0. The SMILES string of the molecule is CCC1(C)O[C@@H](COCC(=O)O)[C@@H](C=O)O1. The molecule has 0 amide bonds. The number of rotatable bonds is 6. The second-order valence-corrected chi connectivity index (χ2v) is 3.77. The van der Waals surface area contributed by atoms with Gasteiger partial charge in [0.05, 0.1) is 6.61 Å². The molecule has 6 heteroatoms. The van der Waals surface area contributed by atoms with E-state index in [1.165, 1.54) is 0 Å². The number of carboxylic acid groups (broad SMARTS) is 1. The Labute approximate surface area is 93.5 Å². The van der Waals surface area contributed by atoms with Crippen molar-refractivity contribution in [1.82, 2.24) is 0 Å². The van der Waals surface area contributed by atoms with Gasteiger partial charge in [0.15, 0.2) is 12.1 Å². The molecule has 0 bridgehead atoms. The van der Waals surface area contributed by atoms with Crippen molar-refractivity contribution in [2.24, 2.45) is 0 Å². The maximum absolute atomic E-state index is 10.7. The zero-order valence-corrected chi connectivity index (χ0v) is 9.34. The van der Waals surface area contributed by atoms with E-state index < -0.39 is 30.6 Å². The second-order valence-electron chi connectivity index (χ2n) is 3.77. The Kier molecular flexibility index (Phi) is 4.40. The molecule has 1 aliphatic rings. The van der Waals surface area contributed by atoms with Crippen LogP contribution < -0.4 is 0 Å². The molecule has 0 aliphatic carbocycles. The zero-order valence-electron chi connectivity index (χ0n) is 9.34. The molecular weight excluding hydrogens is 216 g/mol. The smallest absolute Gasteiger partial charge is 0.329 e. The molecule has 1 aliphatic heterocycles. The molecule has 6 nitrogen and oxygen atoms in total. The van der Waals surface area contributed by atoms with Crippen LogP contribution in [0.2, 0.25) is 0 Å². The highest BCUT2D eigenvalue weighted by Crippen LogP contribution is 2.30. The van der Waals surface area contributed by atoms with E-state index in [1.54, 1.807) is 6.92 Å². The molecule has 1 saturated heterocycles. The third-order valence-electron chi connectivity index (χ3n) is 2.44. The Morgan fingerprint density at radius 2 is 2.25 bits per heavy atom.